The quantitative estimate of drug-likeness (QED) is 0.580. The average molecular weight is 391 g/mol. The van der Waals surface area contributed by atoms with Crippen molar-refractivity contribution >= 4 is 21.8 Å². The molecule has 8 nitrogen and oxygen atoms in total. The van der Waals surface area contributed by atoms with E-state index in [1.54, 1.807) is 30.3 Å². The molecule has 0 aliphatic carbocycles. The van der Waals surface area contributed by atoms with Gasteiger partial charge < -0.3 is 15.8 Å². The van der Waals surface area contributed by atoms with Crippen molar-refractivity contribution in [1.29, 1.82) is 0 Å². The van der Waals surface area contributed by atoms with Gasteiger partial charge in [0, 0.05) is 13.0 Å². The van der Waals surface area contributed by atoms with Crippen LogP contribution in [0.2, 0.25) is 0 Å². The Morgan fingerprint density at radius 2 is 1.70 bits per heavy atom. The molecule has 0 aliphatic rings. The van der Waals surface area contributed by atoms with E-state index in [1.807, 2.05) is 0 Å². The van der Waals surface area contributed by atoms with Gasteiger partial charge in [-0.15, -0.1) is 0 Å². The Balaban J connectivity index is 1.91. The normalized spacial score (nSPS) is 12.2. The number of amides is 2. The zero-order valence-corrected chi connectivity index (χ0v) is 15.5. The highest BCUT2D eigenvalue weighted by molar-refractivity contribution is 7.89. The van der Waals surface area contributed by atoms with E-state index in [9.17, 15) is 18.0 Å². The molecule has 1 unspecified atom stereocenters. The highest BCUT2D eigenvalue weighted by Crippen LogP contribution is 2.15. The topological polar surface area (TPSA) is 128 Å². The Hall–Kier alpha value is -2.91. The smallest absolute Gasteiger partial charge is 0.244 e. The van der Waals surface area contributed by atoms with Crippen molar-refractivity contribution in [1.82, 2.24) is 10.0 Å². The summed E-state index contributed by atoms with van der Waals surface area (Å²) in [6, 6.07) is 13.4. The molecule has 0 aliphatic heterocycles. The standard InChI is InChI=1S/C18H21N3O5S/c1-26-14-7-9-15(10-8-14)27(24,25)20-12-11-16(22)21-17(18(19)23)13-5-3-2-4-6-13/h2-10,17,20H,11-12H2,1H3,(H2,19,23)(H,21,22). The Labute approximate surface area is 157 Å². The third kappa shape index (κ3) is 5.80. The molecule has 2 amide bonds. The lowest BCUT2D eigenvalue weighted by Crippen LogP contribution is -2.39. The summed E-state index contributed by atoms with van der Waals surface area (Å²) >= 11 is 0. The van der Waals surface area contributed by atoms with Crippen LogP contribution in [0.25, 0.3) is 0 Å². The molecule has 0 saturated heterocycles. The van der Waals surface area contributed by atoms with E-state index < -0.39 is 27.9 Å². The van der Waals surface area contributed by atoms with E-state index in [0.717, 1.165) is 0 Å². The van der Waals surface area contributed by atoms with E-state index >= 15 is 0 Å². The molecule has 1 atom stereocenters. The first-order valence-electron chi connectivity index (χ1n) is 8.11. The maximum atomic E-state index is 12.2. The fraction of sp³-hybridized carbons (Fsp3) is 0.222. The average Bonchev–Trinajstić information content (AvgIpc) is 2.66. The molecule has 27 heavy (non-hydrogen) atoms. The van der Waals surface area contributed by atoms with Gasteiger partial charge in [0.2, 0.25) is 21.8 Å². The van der Waals surface area contributed by atoms with Gasteiger partial charge in [-0.2, -0.15) is 0 Å². The highest BCUT2D eigenvalue weighted by atomic mass is 32.2. The molecule has 9 heteroatoms. The molecule has 2 aromatic rings. The van der Waals surface area contributed by atoms with Gasteiger partial charge in [-0.25, -0.2) is 13.1 Å². The largest absolute Gasteiger partial charge is 0.497 e. The van der Waals surface area contributed by atoms with Crippen molar-refractivity contribution in [2.45, 2.75) is 17.4 Å². The van der Waals surface area contributed by atoms with Crippen LogP contribution in [-0.4, -0.2) is 33.9 Å². The fourth-order valence-corrected chi connectivity index (χ4v) is 3.37. The molecule has 0 fully saturated rings. The number of benzene rings is 2. The van der Waals surface area contributed by atoms with Crippen LogP contribution < -0.4 is 20.5 Å². The van der Waals surface area contributed by atoms with Gasteiger partial charge in [-0.3, -0.25) is 9.59 Å². The van der Waals surface area contributed by atoms with Crippen molar-refractivity contribution < 1.29 is 22.7 Å². The molecule has 0 aromatic heterocycles. The second kappa shape index (κ2) is 9.15. The highest BCUT2D eigenvalue weighted by Gasteiger charge is 2.20. The van der Waals surface area contributed by atoms with Crippen molar-refractivity contribution in [3.05, 3.63) is 60.2 Å². The summed E-state index contributed by atoms with van der Waals surface area (Å²) < 4.78 is 31.7. The number of ether oxygens (including phenoxy) is 1. The molecule has 0 heterocycles. The summed E-state index contributed by atoms with van der Waals surface area (Å²) in [5.74, 6) is -0.666. The van der Waals surface area contributed by atoms with Gasteiger partial charge in [-0.1, -0.05) is 30.3 Å². The van der Waals surface area contributed by atoms with E-state index in [4.69, 9.17) is 10.5 Å². The Morgan fingerprint density at radius 1 is 1.07 bits per heavy atom. The minimum atomic E-state index is -3.76. The number of carbonyl (C=O) groups excluding carboxylic acids is 2. The summed E-state index contributed by atoms with van der Waals surface area (Å²) in [5.41, 5.74) is 5.89. The summed E-state index contributed by atoms with van der Waals surface area (Å²) in [5, 5.41) is 2.51. The number of rotatable bonds is 9. The van der Waals surface area contributed by atoms with Crippen molar-refractivity contribution in [2.75, 3.05) is 13.7 Å². The molecule has 0 saturated carbocycles. The maximum Gasteiger partial charge on any atom is 0.244 e. The number of carbonyl (C=O) groups is 2. The van der Waals surface area contributed by atoms with Gasteiger partial charge in [-0.05, 0) is 29.8 Å². The predicted octanol–water partition coefficient (Wildman–Crippen LogP) is 0.706. The fourth-order valence-electron chi connectivity index (χ4n) is 2.33. The van der Waals surface area contributed by atoms with Crippen molar-refractivity contribution in [3.63, 3.8) is 0 Å². The maximum absolute atomic E-state index is 12.2. The van der Waals surface area contributed by atoms with Crippen molar-refractivity contribution in [2.24, 2.45) is 5.73 Å². The Morgan fingerprint density at radius 3 is 2.26 bits per heavy atom. The second-order valence-electron chi connectivity index (χ2n) is 5.64. The van der Waals surface area contributed by atoms with Crippen LogP contribution in [0.15, 0.2) is 59.5 Å². The molecule has 4 N–H and O–H groups in total. The third-order valence-electron chi connectivity index (χ3n) is 3.74. The zero-order valence-electron chi connectivity index (χ0n) is 14.7. The van der Waals surface area contributed by atoms with Crippen LogP contribution >= 0.6 is 0 Å². The van der Waals surface area contributed by atoms with Crippen molar-refractivity contribution in [3.8, 4) is 5.75 Å². The minimum Gasteiger partial charge on any atom is -0.497 e. The molecule has 2 rings (SSSR count). The molecule has 0 bridgehead atoms. The number of sulfonamides is 1. The number of nitrogens with one attached hydrogen (secondary N) is 2. The second-order valence-corrected chi connectivity index (χ2v) is 7.40. The number of methoxy groups -OCH3 is 1. The molecule has 0 radical (unpaired) electrons. The molecular formula is C18H21N3O5S. The monoisotopic (exact) mass is 391 g/mol. The van der Waals surface area contributed by atoms with Gasteiger partial charge in [0.15, 0.2) is 0 Å². The van der Waals surface area contributed by atoms with Gasteiger partial charge in [0.05, 0.1) is 12.0 Å². The number of primary amides is 1. The van der Waals surface area contributed by atoms with Crippen LogP contribution in [-0.2, 0) is 19.6 Å². The lowest BCUT2D eigenvalue weighted by atomic mass is 10.1. The van der Waals surface area contributed by atoms with Crippen LogP contribution in [0.4, 0.5) is 0 Å². The summed E-state index contributed by atoms with van der Waals surface area (Å²) in [6.07, 6.45) is -0.147. The molecule has 2 aromatic carbocycles. The first-order chi connectivity index (χ1) is 12.8. The van der Waals surface area contributed by atoms with Crippen LogP contribution in [0, 0.1) is 0 Å². The number of hydrogen-bond acceptors (Lipinski definition) is 5. The van der Waals surface area contributed by atoms with Gasteiger partial charge >= 0.3 is 0 Å². The summed E-state index contributed by atoms with van der Waals surface area (Å²) in [4.78, 5) is 23.7. The SMILES string of the molecule is COc1ccc(S(=O)(=O)NCCC(=O)NC(C(N)=O)c2ccccc2)cc1. The Bertz CT molecular complexity index is 883. The number of nitrogens with two attached hydrogens (primary N) is 1. The predicted molar refractivity (Wildman–Crippen MR) is 99.3 cm³/mol. The van der Waals surface area contributed by atoms with E-state index in [-0.39, 0.29) is 17.9 Å². The van der Waals surface area contributed by atoms with Gasteiger partial charge in [0.25, 0.3) is 0 Å². The Kier molecular flexibility index (Phi) is 6.91. The van der Waals surface area contributed by atoms with Crippen LogP contribution in [0.3, 0.4) is 0 Å². The zero-order chi connectivity index (χ0) is 19.9. The minimum absolute atomic E-state index is 0.0583. The molecular weight excluding hydrogens is 370 g/mol. The third-order valence-corrected chi connectivity index (χ3v) is 5.21. The lowest BCUT2D eigenvalue weighted by Gasteiger charge is -2.16. The summed E-state index contributed by atoms with van der Waals surface area (Å²) in [7, 11) is -2.27. The van der Waals surface area contributed by atoms with Gasteiger partial charge in [0.1, 0.15) is 11.8 Å². The van der Waals surface area contributed by atoms with E-state index in [1.165, 1.54) is 31.4 Å². The summed E-state index contributed by atoms with van der Waals surface area (Å²) in [6.45, 7) is -0.125. The van der Waals surface area contributed by atoms with Crippen LogP contribution in [0.5, 0.6) is 5.75 Å². The first kappa shape index (κ1) is 20.4. The molecule has 0 spiro atoms. The van der Waals surface area contributed by atoms with E-state index in [2.05, 4.69) is 10.0 Å². The molecule has 144 valence electrons. The first-order valence-corrected chi connectivity index (χ1v) is 9.59. The lowest BCUT2D eigenvalue weighted by molar-refractivity contribution is -0.127. The number of hydrogen-bond donors (Lipinski definition) is 3. The van der Waals surface area contributed by atoms with Crippen LogP contribution in [0.1, 0.15) is 18.0 Å². The van der Waals surface area contributed by atoms with E-state index in [0.29, 0.717) is 11.3 Å².